The highest BCUT2D eigenvalue weighted by Crippen LogP contribution is 2.24. The second-order valence-electron chi connectivity index (χ2n) is 7.14. The second-order valence-corrected chi connectivity index (χ2v) is 7.14. The third-order valence-electron chi connectivity index (χ3n) is 4.89. The monoisotopic (exact) mass is 436 g/mol. The molecule has 6 N–H and O–H groups in total. The Hall–Kier alpha value is -4.41. The van der Waals surface area contributed by atoms with Crippen molar-refractivity contribution in [1.82, 2.24) is 20.3 Å². The molecule has 32 heavy (non-hydrogen) atoms. The van der Waals surface area contributed by atoms with E-state index in [1.165, 1.54) is 12.1 Å². The Morgan fingerprint density at radius 3 is 2.41 bits per heavy atom. The second kappa shape index (κ2) is 9.16. The predicted molar refractivity (Wildman–Crippen MR) is 112 cm³/mol. The molecule has 1 atom stereocenters. The van der Waals surface area contributed by atoms with Gasteiger partial charge in [0.05, 0.1) is 23.4 Å². The fourth-order valence-electron chi connectivity index (χ4n) is 3.21. The van der Waals surface area contributed by atoms with Crippen LogP contribution < -0.4 is 27.0 Å². The number of amides is 1. The summed E-state index contributed by atoms with van der Waals surface area (Å²) < 4.78 is 0. The summed E-state index contributed by atoms with van der Waals surface area (Å²) in [5.74, 6) is -3.53. The molecule has 11 nitrogen and oxygen atoms in total. The molecule has 0 aliphatic rings. The Balaban J connectivity index is 1.64. The first-order valence-electron chi connectivity index (χ1n) is 9.54. The van der Waals surface area contributed by atoms with E-state index in [1.54, 1.807) is 18.3 Å². The third-order valence-corrected chi connectivity index (χ3v) is 4.89. The number of nitrogen functional groups attached to an aromatic ring is 2. The number of H-pyrrole nitrogens is 1. The zero-order valence-corrected chi connectivity index (χ0v) is 16.9. The van der Waals surface area contributed by atoms with Crippen LogP contribution in [0.2, 0.25) is 0 Å². The maximum Gasteiger partial charge on any atom is 0.251 e. The molecule has 0 saturated carbocycles. The summed E-state index contributed by atoms with van der Waals surface area (Å²) in [6, 6.07) is 5.00. The van der Waals surface area contributed by atoms with Crippen LogP contribution in [-0.4, -0.2) is 38.8 Å². The largest absolute Gasteiger partial charge is 0.548 e. The van der Waals surface area contributed by atoms with Gasteiger partial charge in [-0.15, -0.1) is 0 Å². The molecule has 1 amide bonds. The van der Waals surface area contributed by atoms with E-state index in [0.29, 0.717) is 29.7 Å². The first kappa shape index (κ1) is 22.3. The minimum Gasteiger partial charge on any atom is -0.548 e. The molecule has 3 aromatic rings. The molecule has 0 bridgehead atoms. The van der Waals surface area contributed by atoms with Gasteiger partial charge < -0.3 is 41.6 Å². The average molecular weight is 436 g/mol. The van der Waals surface area contributed by atoms with E-state index in [-0.39, 0.29) is 11.5 Å². The zero-order chi connectivity index (χ0) is 23.4. The highest BCUT2D eigenvalue weighted by atomic mass is 16.4. The molecular weight excluding hydrogens is 416 g/mol. The molecule has 1 unspecified atom stereocenters. The number of nitrogens with two attached hydrogens (primary N) is 2. The summed E-state index contributed by atoms with van der Waals surface area (Å²) in [5, 5.41) is 24.9. The van der Waals surface area contributed by atoms with Crippen LogP contribution in [0.1, 0.15) is 27.9 Å². The maximum atomic E-state index is 12.3. The number of aromatic amines is 1. The van der Waals surface area contributed by atoms with Crippen molar-refractivity contribution in [3.63, 3.8) is 0 Å². The van der Waals surface area contributed by atoms with Crippen molar-refractivity contribution in [2.24, 2.45) is 0 Å². The molecule has 0 aliphatic heterocycles. The Morgan fingerprint density at radius 1 is 1.09 bits per heavy atom. The summed E-state index contributed by atoms with van der Waals surface area (Å²) in [4.78, 5) is 45.4. The molecule has 3 rings (SSSR count). The number of nitrogens with zero attached hydrogens (tertiary/aromatic N) is 2. The lowest BCUT2D eigenvalue weighted by Gasteiger charge is -2.21. The Morgan fingerprint density at radius 2 is 1.78 bits per heavy atom. The highest BCUT2D eigenvalue weighted by molar-refractivity contribution is 5.97. The number of carboxylic acids is 2. The summed E-state index contributed by atoms with van der Waals surface area (Å²) in [5.41, 5.74) is 13.7. The van der Waals surface area contributed by atoms with Crippen molar-refractivity contribution in [2.75, 3.05) is 11.5 Å². The van der Waals surface area contributed by atoms with Crippen LogP contribution in [0.25, 0.3) is 11.0 Å². The molecule has 11 heteroatoms. The third kappa shape index (κ3) is 5.01. The van der Waals surface area contributed by atoms with Crippen molar-refractivity contribution < 1.29 is 24.6 Å². The van der Waals surface area contributed by atoms with Gasteiger partial charge in [0.25, 0.3) is 5.91 Å². The quantitative estimate of drug-likeness (QED) is 0.286. The summed E-state index contributed by atoms with van der Waals surface area (Å²) >= 11 is 0. The van der Waals surface area contributed by atoms with Gasteiger partial charge in [0.2, 0.25) is 5.95 Å². The number of rotatable bonds is 9. The van der Waals surface area contributed by atoms with Crippen molar-refractivity contribution in [3.05, 3.63) is 59.3 Å². The standard InChI is InChI=1S/C21H22N6O5/c1-10(19(29)30)8-14(20(31)32)25-18(28)12-5-2-11(3-6-12)4-7-13-9-24-17-15(13)16(22)26-21(23)27-17/h2-3,5-6,9,14H,1,4,7-8H2,(H,25,28)(H,29,30)(H,31,32)(H5,22,23,24,26,27)/p-2. The zero-order valence-electron chi connectivity index (χ0n) is 16.9. The number of fused-ring (bicyclic) bond motifs is 1. The van der Waals surface area contributed by atoms with Crippen LogP contribution in [0.4, 0.5) is 11.8 Å². The molecule has 0 aliphatic carbocycles. The fraction of sp³-hybridized carbons (Fsp3) is 0.190. The number of aliphatic carboxylic acids is 2. The SMILES string of the molecule is C=C(CC(NC(=O)c1ccc(CCc2c[nH]c3nc(N)nc(N)c23)cc1)C(=O)[O-])C(=O)[O-]. The Labute approximate surface area is 182 Å². The number of hydrogen-bond acceptors (Lipinski definition) is 9. The first-order chi connectivity index (χ1) is 15.2. The molecule has 0 fully saturated rings. The number of nitrogens with one attached hydrogen (secondary N) is 2. The van der Waals surface area contributed by atoms with Gasteiger partial charge in [-0.1, -0.05) is 18.7 Å². The van der Waals surface area contributed by atoms with Crippen molar-refractivity contribution in [2.45, 2.75) is 25.3 Å². The van der Waals surface area contributed by atoms with Crippen molar-refractivity contribution in [3.8, 4) is 0 Å². The number of hydrogen-bond donors (Lipinski definition) is 4. The molecule has 0 saturated heterocycles. The van der Waals surface area contributed by atoms with Gasteiger partial charge in [-0.25, -0.2) is 0 Å². The van der Waals surface area contributed by atoms with Gasteiger partial charge in [-0.05, 0) is 48.1 Å². The number of carboxylic acid groups (broad SMARTS) is 2. The summed E-state index contributed by atoms with van der Waals surface area (Å²) in [7, 11) is 0. The number of carbonyl (C=O) groups excluding carboxylic acids is 3. The van der Waals surface area contributed by atoms with Crippen LogP contribution in [0, 0.1) is 0 Å². The van der Waals surface area contributed by atoms with Crippen molar-refractivity contribution in [1.29, 1.82) is 0 Å². The Bertz CT molecular complexity index is 1200. The summed E-state index contributed by atoms with van der Waals surface area (Å²) in [6.45, 7) is 3.21. The van der Waals surface area contributed by atoms with Gasteiger partial charge in [-0.3, -0.25) is 4.79 Å². The molecule has 0 radical (unpaired) electrons. The number of benzene rings is 1. The lowest BCUT2D eigenvalue weighted by Crippen LogP contribution is -2.48. The predicted octanol–water partition coefficient (Wildman–Crippen LogP) is -1.55. The van der Waals surface area contributed by atoms with Gasteiger partial charge in [0, 0.05) is 11.8 Å². The number of aryl methyl sites for hydroxylation is 2. The van der Waals surface area contributed by atoms with E-state index < -0.39 is 35.9 Å². The number of carbonyl (C=O) groups is 3. The van der Waals surface area contributed by atoms with E-state index in [1.807, 2.05) is 0 Å². The van der Waals surface area contributed by atoms with Crippen LogP contribution >= 0.6 is 0 Å². The maximum absolute atomic E-state index is 12.3. The topological polar surface area (TPSA) is 203 Å². The highest BCUT2D eigenvalue weighted by Gasteiger charge is 2.17. The lowest BCUT2D eigenvalue weighted by atomic mass is 10.0. The molecule has 166 valence electrons. The van der Waals surface area contributed by atoms with Gasteiger partial charge in [-0.2, -0.15) is 9.97 Å². The molecule has 2 aromatic heterocycles. The smallest absolute Gasteiger partial charge is 0.251 e. The number of anilines is 2. The Kier molecular flexibility index (Phi) is 6.38. The molecule has 2 heterocycles. The minimum atomic E-state index is -1.62. The lowest BCUT2D eigenvalue weighted by molar-refractivity contribution is -0.308. The fourth-order valence-corrected chi connectivity index (χ4v) is 3.21. The van der Waals surface area contributed by atoms with Crippen LogP contribution in [0.3, 0.4) is 0 Å². The molecule has 0 spiro atoms. The van der Waals surface area contributed by atoms with E-state index in [9.17, 15) is 24.6 Å². The molecular formula is C21H20N6O5-2. The van der Waals surface area contributed by atoms with Crippen molar-refractivity contribution >= 4 is 40.6 Å². The van der Waals surface area contributed by atoms with Crippen LogP contribution in [0.15, 0.2) is 42.6 Å². The van der Waals surface area contributed by atoms with E-state index in [2.05, 4.69) is 26.8 Å². The summed E-state index contributed by atoms with van der Waals surface area (Å²) in [6.07, 6.45) is 2.52. The first-order valence-corrected chi connectivity index (χ1v) is 9.54. The van der Waals surface area contributed by atoms with Crippen LogP contribution in [0.5, 0.6) is 0 Å². The average Bonchev–Trinajstić information content (AvgIpc) is 3.14. The van der Waals surface area contributed by atoms with Crippen LogP contribution in [-0.2, 0) is 22.4 Å². The van der Waals surface area contributed by atoms with E-state index in [4.69, 9.17) is 11.5 Å². The van der Waals surface area contributed by atoms with Gasteiger partial charge >= 0.3 is 0 Å². The number of aromatic nitrogens is 3. The normalized spacial score (nSPS) is 11.8. The van der Waals surface area contributed by atoms with E-state index >= 15 is 0 Å². The molecule has 1 aromatic carbocycles. The van der Waals surface area contributed by atoms with Gasteiger partial charge in [0.1, 0.15) is 11.5 Å². The van der Waals surface area contributed by atoms with E-state index in [0.717, 1.165) is 11.1 Å². The van der Waals surface area contributed by atoms with Gasteiger partial charge in [0.15, 0.2) is 0 Å². The minimum absolute atomic E-state index is 0.0853.